The predicted molar refractivity (Wildman–Crippen MR) is 218 cm³/mol. The fourth-order valence-corrected chi connectivity index (χ4v) is 7.24. The second-order valence-electron chi connectivity index (χ2n) is 16.0. The second-order valence-corrected chi connectivity index (χ2v) is 16.9. The number of pyridine rings is 2. The first-order valence-electron chi connectivity index (χ1n) is 18.6. The number of thiophene rings is 1. The maximum atomic E-state index is 12.2. The summed E-state index contributed by atoms with van der Waals surface area (Å²) < 4.78 is 1.94. The van der Waals surface area contributed by atoms with Crippen LogP contribution < -0.4 is 4.57 Å². The van der Waals surface area contributed by atoms with Crippen LogP contribution in [0.5, 0.6) is 0 Å². The Hall–Kier alpha value is -3.31. The van der Waals surface area contributed by atoms with Gasteiger partial charge in [0.15, 0.2) is 5.78 Å². The molecule has 3 heterocycles. The van der Waals surface area contributed by atoms with Gasteiger partial charge < -0.3 is 9.67 Å². The molecule has 281 valence electrons. The van der Waals surface area contributed by atoms with Gasteiger partial charge in [-0.2, -0.15) is 0 Å². The van der Waals surface area contributed by atoms with E-state index in [9.17, 15) is 9.90 Å². The molecule has 0 amide bonds. The summed E-state index contributed by atoms with van der Waals surface area (Å²) >= 11 is 1.74. The van der Waals surface area contributed by atoms with Crippen LogP contribution in [0.2, 0.25) is 0 Å². The Kier molecular flexibility index (Phi) is 14.6. The van der Waals surface area contributed by atoms with Crippen molar-refractivity contribution in [1.82, 2.24) is 4.98 Å². The largest absolute Gasteiger partial charge is 0.512 e. The van der Waals surface area contributed by atoms with E-state index < -0.39 is 0 Å². The van der Waals surface area contributed by atoms with Gasteiger partial charge in [-0.25, -0.2) is 4.98 Å². The summed E-state index contributed by atoms with van der Waals surface area (Å²) in [5.41, 5.74) is 6.52. The van der Waals surface area contributed by atoms with Crippen LogP contribution in [-0.2, 0) is 36.7 Å². The Bertz CT molecular complexity index is 2010. The van der Waals surface area contributed by atoms with Crippen molar-refractivity contribution in [3.05, 3.63) is 102 Å². The molecule has 2 aromatic carbocycles. The van der Waals surface area contributed by atoms with Crippen LogP contribution in [0.1, 0.15) is 113 Å². The minimum absolute atomic E-state index is 0. The van der Waals surface area contributed by atoms with Crippen LogP contribution in [0, 0.1) is 29.9 Å². The van der Waals surface area contributed by atoms with Crippen molar-refractivity contribution in [2.75, 3.05) is 0 Å². The molecule has 4 nitrogen and oxygen atoms in total. The van der Waals surface area contributed by atoms with Crippen LogP contribution in [0.15, 0.2) is 78.1 Å². The predicted octanol–water partition coefficient (Wildman–Crippen LogP) is 12.7. The Labute approximate surface area is 331 Å². The first kappa shape index (κ1) is 43.1. The topological polar surface area (TPSA) is 54.1 Å². The number of hydrogen-bond acceptors (Lipinski definition) is 4. The second kappa shape index (κ2) is 17.7. The van der Waals surface area contributed by atoms with E-state index in [1.165, 1.54) is 28.0 Å². The van der Waals surface area contributed by atoms with E-state index in [4.69, 9.17) is 4.98 Å². The number of allylic oxidation sites excluding steroid dienone is 2. The molecule has 0 saturated carbocycles. The molecule has 5 aromatic rings. The minimum atomic E-state index is -0.337. The third-order valence-corrected chi connectivity index (χ3v) is 11.9. The van der Waals surface area contributed by atoms with E-state index in [1.54, 1.807) is 11.3 Å². The van der Waals surface area contributed by atoms with Gasteiger partial charge in [-0.1, -0.05) is 105 Å². The average Bonchev–Trinajstić information content (AvgIpc) is 3.51. The summed E-state index contributed by atoms with van der Waals surface area (Å²) in [5.74, 6) is 0.907. The molecule has 0 fully saturated rings. The summed E-state index contributed by atoms with van der Waals surface area (Å²) in [6.07, 6.45) is 9.86. The number of nitrogens with zero attached hydrogens (tertiary/aromatic N) is 2. The maximum absolute atomic E-state index is 12.2. The quantitative estimate of drug-likeness (QED) is 0.0622. The molecule has 52 heavy (non-hydrogen) atoms. The van der Waals surface area contributed by atoms with E-state index in [2.05, 4.69) is 102 Å². The van der Waals surface area contributed by atoms with Gasteiger partial charge in [-0.05, 0) is 83.7 Å². The Morgan fingerprint density at radius 3 is 2.15 bits per heavy atom. The summed E-state index contributed by atoms with van der Waals surface area (Å²) in [4.78, 5) is 18.1. The number of ketones is 1. The third kappa shape index (κ3) is 9.61. The molecule has 0 aliphatic heterocycles. The first-order valence-corrected chi connectivity index (χ1v) is 19.5. The number of aromatic nitrogens is 2. The monoisotopic (exact) mass is 896 g/mol. The molecule has 0 spiro atoms. The third-order valence-electron chi connectivity index (χ3n) is 11.0. The van der Waals surface area contributed by atoms with Gasteiger partial charge in [0.25, 0.3) is 0 Å². The molecular weight excluding hydrogens is 837 g/mol. The number of benzene rings is 2. The Balaban J connectivity index is 0.000000347. The molecule has 6 heteroatoms. The summed E-state index contributed by atoms with van der Waals surface area (Å²) in [5, 5.41) is 16.1. The van der Waals surface area contributed by atoms with Gasteiger partial charge in [-0.15, -0.1) is 40.5 Å². The summed E-state index contributed by atoms with van der Waals surface area (Å²) in [6.45, 7) is 23.4. The number of aliphatic hydroxyl groups excluding tert-OH is 1. The van der Waals surface area contributed by atoms with Crippen LogP contribution in [0.4, 0.5) is 0 Å². The smallest absolute Gasteiger partial charge is 0.164 e. The van der Waals surface area contributed by atoms with Crippen molar-refractivity contribution in [2.24, 2.45) is 16.7 Å². The van der Waals surface area contributed by atoms with Gasteiger partial charge in [0, 0.05) is 55.6 Å². The summed E-state index contributed by atoms with van der Waals surface area (Å²) in [7, 11) is 4.27. The molecule has 0 unspecified atom stereocenters. The van der Waals surface area contributed by atoms with Crippen molar-refractivity contribution >= 4 is 38.1 Å². The molecule has 1 N–H and O–H groups in total. The number of carbonyl (C=O) groups is 1. The number of aliphatic hydroxyl groups is 1. The normalized spacial score (nSPS) is 12.5. The van der Waals surface area contributed by atoms with Crippen molar-refractivity contribution in [2.45, 2.75) is 114 Å². The molecule has 1 radical (unpaired) electrons. The SMILES string of the molecule is CCC(C)(CC)C(=O)/C=C(\O)C(C)(CC)CC.[CH2-][n+]1ccc(-c2cnc3scc(CC(C)C)c3c2)cc1-c1[c-]c2ccccc2c(C(C)(C)C)c1.[Ir]. The minimum Gasteiger partial charge on any atom is -0.512 e. The maximum Gasteiger partial charge on any atom is 0.164 e. The van der Waals surface area contributed by atoms with E-state index in [-0.39, 0.29) is 47.9 Å². The van der Waals surface area contributed by atoms with E-state index in [1.807, 2.05) is 58.5 Å². The van der Waals surface area contributed by atoms with Gasteiger partial charge in [0.1, 0.15) is 16.3 Å². The molecule has 5 rings (SSSR count). The molecule has 3 aromatic heterocycles. The van der Waals surface area contributed by atoms with Gasteiger partial charge in [0.2, 0.25) is 0 Å². The van der Waals surface area contributed by atoms with Crippen molar-refractivity contribution in [1.29, 1.82) is 0 Å². The first-order chi connectivity index (χ1) is 24.0. The van der Waals surface area contributed by atoms with Crippen LogP contribution >= 0.6 is 11.3 Å². The Morgan fingerprint density at radius 1 is 0.923 bits per heavy atom. The van der Waals surface area contributed by atoms with E-state index in [0.29, 0.717) is 5.92 Å². The number of carbonyl (C=O) groups excluding carboxylic acids is 1. The molecule has 0 bridgehead atoms. The van der Waals surface area contributed by atoms with Crippen molar-refractivity contribution < 1.29 is 34.6 Å². The van der Waals surface area contributed by atoms with Crippen LogP contribution in [0.3, 0.4) is 0 Å². The number of hydrogen-bond donors (Lipinski definition) is 1. The van der Waals surface area contributed by atoms with E-state index >= 15 is 0 Å². The standard InChI is InChI=1S/C31H31N2S.C15H28O2.Ir/c1-20(2)13-25-19-34-30-27(25)15-24(18-32-30)21-11-12-33(6)29(17-21)23-14-22-9-7-8-10-26(22)28(16-23)31(3,4)5;1-7-14(5,8-2)12(16)11-13(17)15(6,9-3)10-4;/h7-12,15-20H,6,13H2,1-5H3;11,16H,7-10H2,1-6H3;/q-1;;/b;12-11-;. The molecule has 0 aliphatic rings. The van der Waals surface area contributed by atoms with Gasteiger partial charge >= 0.3 is 0 Å². The number of rotatable bonds is 11. The van der Waals surface area contributed by atoms with Crippen molar-refractivity contribution in [3.8, 4) is 22.4 Å². The van der Waals surface area contributed by atoms with E-state index in [0.717, 1.165) is 64.7 Å². The van der Waals surface area contributed by atoms with Crippen molar-refractivity contribution in [3.63, 3.8) is 0 Å². The zero-order valence-corrected chi connectivity index (χ0v) is 36.5. The van der Waals surface area contributed by atoms with Gasteiger partial charge in [0.05, 0.1) is 6.20 Å². The fraction of sp³-hybridized carbons (Fsp3) is 0.435. The summed E-state index contributed by atoms with van der Waals surface area (Å²) in [6, 6.07) is 21.1. The Morgan fingerprint density at radius 2 is 1.56 bits per heavy atom. The average molecular weight is 896 g/mol. The zero-order chi connectivity index (χ0) is 37.7. The zero-order valence-electron chi connectivity index (χ0n) is 33.2. The fourth-order valence-electron chi connectivity index (χ4n) is 6.34. The van der Waals surface area contributed by atoms with Gasteiger partial charge in [-0.3, -0.25) is 4.79 Å². The molecular formula is C46H59IrN2O2S-. The molecule has 0 atom stereocenters. The van der Waals surface area contributed by atoms with Crippen LogP contribution in [-0.4, -0.2) is 15.9 Å². The number of fused-ring (bicyclic) bond motifs is 2. The molecule has 0 saturated heterocycles. The molecule has 0 aliphatic carbocycles. The van der Waals surface area contributed by atoms with Crippen LogP contribution in [0.25, 0.3) is 43.4 Å².